The maximum absolute atomic E-state index is 11.9. The molecule has 20 heavy (non-hydrogen) atoms. The van der Waals surface area contributed by atoms with Gasteiger partial charge in [-0.3, -0.25) is 9.79 Å². The van der Waals surface area contributed by atoms with E-state index in [0.717, 1.165) is 56.4 Å². The predicted molar refractivity (Wildman–Crippen MR) is 79.5 cm³/mol. The number of hydrogen-bond donors (Lipinski definition) is 1. The molecular formula is C16H20N2O2. The molecule has 4 nitrogen and oxygen atoms in total. The predicted octanol–water partition coefficient (Wildman–Crippen LogP) is 2.82. The van der Waals surface area contributed by atoms with E-state index in [0.29, 0.717) is 0 Å². The number of hydrogen-bond acceptors (Lipinski definition) is 3. The minimum atomic E-state index is -0.689. The molecule has 0 bridgehead atoms. The zero-order valence-corrected chi connectivity index (χ0v) is 11.6. The summed E-state index contributed by atoms with van der Waals surface area (Å²) >= 11 is 0. The first-order valence-electron chi connectivity index (χ1n) is 7.33. The molecule has 0 radical (unpaired) electrons. The topological polar surface area (TPSA) is 52.9 Å². The van der Waals surface area contributed by atoms with Gasteiger partial charge in [0.2, 0.25) is 0 Å². The molecule has 0 amide bonds. The molecule has 1 fully saturated rings. The molecule has 1 saturated carbocycles. The van der Waals surface area contributed by atoms with Crippen LogP contribution in [0.15, 0.2) is 29.3 Å². The van der Waals surface area contributed by atoms with Crippen molar-refractivity contribution in [1.82, 2.24) is 0 Å². The van der Waals surface area contributed by atoms with Crippen molar-refractivity contribution in [2.75, 3.05) is 18.0 Å². The number of anilines is 1. The number of aliphatic imine (C=N–C) groups is 1. The van der Waals surface area contributed by atoms with Crippen LogP contribution < -0.4 is 4.90 Å². The molecule has 0 saturated heterocycles. The van der Waals surface area contributed by atoms with E-state index >= 15 is 0 Å². The zero-order chi connectivity index (χ0) is 14.0. The van der Waals surface area contributed by atoms with Crippen LogP contribution in [-0.2, 0) is 10.2 Å². The van der Waals surface area contributed by atoms with Gasteiger partial charge in [-0.15, -0.1) is 0 Å². The highest BCUT2D eigenvalue weighted by atomic mass is 16.4. The number of benzene rings is 1. The summed E-state index contributed by atoms with van der Waals surface area (Å²) in [5.74, 6) is -0.676. The van der Waals surface area contributed by atoms with Gasteiger partial charge in [0.1, 0.15) is 0 Å². The van der Waals surface area contributed by atoms with E-state index in [4.69, 9.17) is 0 Å². The van der Waals surface area contributed by atoms with Crippen LogP contribution in [0, 0.1) is 0 Å². The Bertz CT molecular complexity index is 533. The van der Waals surface area contributed by atoms with E-state index in [-0.39, 0.29) is 0 Å². The molecular weight excluding hydrogens is 252 g/mol. The second kappa shape index (κ2) is 5.27. The summed E-state index contributed by atoms with van der Waals surface area (Å²) in [7, 11) is 0. The molecule has 4 heteroatoms. The van der Waals surface area contributed by atoms with Crippen molar-refractivity contribution in [3.05, 3.63) is 29.8 Å². The third kappa shape index (κ3) is 2.19. The van der Waals surface area contributed by atoms with Crippen molar-refractivity contribution in [3.63, 3.8) is 0 Å². The molecule has 2 aliphatic rings. The third-order valence-corrected chi connectivity index (χ3v) is 4.54. The zero-order valence-electron chi connectivity index (χ0n) is 11.6. The summed E-state index contributed by atoms with van der Waals surface area (Å²) < 4.78 is 0. The number of nitrogens with zero attached hydrogens (tertiary/aromatic N) is 2. The van der Waals surface area contributed by atoms with Gasteiger partial charge in [-0.1, -0.05) is 31.4 Å². The highest BCUT2D eigenvalue weighted by Crippen LogP contribution is 2.40. The van der Waals surface area contributed by atoms with Gasteiger partial charge in [-0.05, 0) is 30.5 Å². The number of rotatable bonds is 3. The number of carboxylic acid groups (broad SMARTS) is 1. The van der Waals surface area contributed by atoms with E-state index in [9.17, 15) is 9.90 Å². The second-order valence-electron chi connectivity index (χ2n) is 5.71. The van der Waals surface area contributed by atoms with Gasteiger partial charge in [0.25, 0.3) is 0 Å². The standard InChI is InChI=1S/C16H20N2O2/c19-15(20)16(7-2-1-3-8-16)13-5-4-6-14(11-13)18-10-9-17-12-18/h4-6,11-12H,1-3,7-10H2,(H,19,20). The maximum Gasteiger partial charge on any atom is 0.314 e. The average Bonchev–Trinajstić information content (AvgIpc) is 3.02. The van der Waals surface area contributed by atoms with E-state index in [1.165, 1.54) is 0 Å². The molecule has 1 aliphatic carbocycles. The van der Waals surface area contributed by atoms with Crippen molar-refractivity contribution < 1.29 is 9.90 Å². The van der Waals surface area contributed by atoms with Crippen molar-refractivity contribution >= 4 is 18.0 Å². The number of aliphatic carboxylic acids is 1. The van der Waals surface area contributed by atoms with E-state index in [1.54, 1.807) is 0 Å². The Morgan fingerprint density at radius 3 is 2.70 bits per heavy atom. The largest absolute Gasteiger partial charge is 0.481 e. The molecule has 0 atom stereocenters. The second-order valence-corrected chi connectivity index (χ2v) is 5.71. The van der Waals surface area contributed by atoms with Gasteiger partial charge in [-0.25, -0.2) is 0 Å². The summed E-state index contributed by atoms with van der Waals surface area (Å²) in [5, 5.41) is 9.76. The normalized spacial score (nSPS) is 21.1. The minimum absolute atomic E-state index is 0.676. The lowest BCUT2D eigenvalue weighted by Crippen LogP contribution is -2.38. The highest BCUT2D eigenvalue weighted by Gasteiger charge is 2.41. The van der Waals surface area contributed by atoms with Gasteiger partial charge in [-0.2, -0.15) is 0 Å². The average molecular weight is 272 g/mol. The highest BCUT2D eigenvalue weighted by molar-refractivity contribution is 5.84. The van der Waals surface area contributed by atoms with Crippen LogP contribution in [-0.4, -0.2) is 30.5 Å². The molecule has 1 aromatic carbocycles. The van der Waals surface area contributed by atoms with Crippen LogP contribution in [0.25, 0.3) is 0 Å². The summed E-state index contributed by atoms with van der Waals surface area (Å²) in [5.41, 5.74) is 1.31. The fraction of sp³-hybridized carbons (Fsp3) is 0.500. The Labute approximate surface area is 119 Å². The van der Waals surface area contributed by atoms with Crippen LogP contribution in [0.2, 0.25) is 0 Å². The molecule has 1 aliphatic heterocycles. The van der Waals surface area contributed by atoms with Crippen molar-refractivity contribution in [1.29, 1.82) is 0 Å². The molecule has 1 N–H and O–H groups in total. The maximum atomic E-state index is 11.9. The number of carbonyl (C=O) groups is 1. The Kier molecular flexibility index (Phi) is 3.47. The molecule has 0 unspecified atom stereocenters. The lowest BCUT2D eigenvalue weighted by Gasteiger charge is -2.34. The quantitative estimate of drug-likeness (QED) is 0.920. The first kappa shape index (κ1) is 13.2. The first-order chi connectivity index (χ1) is 9.72. The lowest BCUT2D eigenvalue weighted by atomic mass is 9.69. The molecule has 0 spiro atoms. The first-order valence-corrected chi connectivity index (χ1v) is 7.33. The van der Waals surface area contributed by atoms with Gasteiger partial charge < -0.3 is 10.0 Å². The SMILES string of the molecule is O=C(O)C1(c2cccc(N3C=NCC3)c2)CCCCC1. The lowest BCUT2D eigenvalue weighted by molar-refractivity contribution is -0.145. The molecule has 106 valence electrons. The van der Waals surface area contributed by atoms with Crippen LogP contribution in [0.3, 0.4) is 0 Å². The van der Waals surface area contributed by atoms with Gasteiger partial charge in [0.15, 0.2) is 0 Å². The summed E-state index contributed by atoms with van der Waals surface area (Å²) in [6, 6.07) is 8.00. The molecule has 3 rings (SSSR count). The van der Waals surface area contributed by atoms with E-state index < -0.39 is 11.4 Å². The third-order valence-electron chi connectivity index (χ3n) is 4.54. The van der Waals surface area contributed by atoms with Gasteiger partial charge >= 0.3 is 5.97 Å². The smallest absolute Gasteiger partial charge is 0.314 e. The Hall–Kier alpha value is -1.84. The number of carboxylic acids is 1. The summed E-state index contributed by atoms with van der Waals surface area (Å²) in [6.07, 6.45) is 6.49. The van der Waals surface area contributed by atoms with Crippen molar-refractivity contribution in [2.45, 2.75) is 37.5 Å². The molecule has 1 heterocycles. The summed E-state index contributed by atoms with van der Waals surface area (Å²) in [6.45, 7) is 1.69. The van der Waals surface area contributed by atoms with Crippen LogP contribution in [0.1, 0.15) is 37.7 Å². The van der Waals surface area contributed by atoms with Crippen LogP contribution in [0.5, 0.6) is 0 Å². The fourth-order valence-corrected chi connectivity index (χ4v) is 3.34. The monoisotopic (exact) mass is 272 g/mol. The minimum Gasteiger partial charge on any atom is -0.481 e. The van der Waals surface area contributed by atoms with E-state index in [2.05, 4.69) is 9.89 Å². The Balaban J connectivity index is 1.97. The van der Waals surface area contributed by atoms with Crippen LogP contribution in [0.4, 0.5) is 5.69 Å². The van der Waals surface area contributed by atoms with Crippen LogP contribution >= 0.6 is 0 Å². The molecule has 0 aromatic heterocycles. The van der Waals surface area contributed by atoms with Gasteiger partial charge in [0.05, 0.1) is 18.3 Å². The Morgan fingerprint density at radius 1 is 1.25 bits per heavy atom. The fourth-order valence-electron chi connectivity index (χ4n) is 3.34. The van der Waals surface area contributed by atoms with Crippen molar-refractivity contribution in [2.24, 2.45) is 4.99 Å². The van der Waals surface area contributed by atoms with Crippen molar-refractivity contribution in [3.8, 4) is 0 Å². The van der Waals surface area contributed by atoms with Gasteiger partial charge in [0, 0.05) is 12.2 Å². The Morgan fingerprint density at radius 2 is 2.05 bits per heavy atom. The summed E-state index contributed by atoms with van der Waals surface area (Å²) in [4.78, 5) is 18.2. The van der Waals surface area contributed by atoms with E-state index in [1.807, 2.05) is 30.6 Å². The molecule has 1 aromatic rings.